The summed E-state index contributed by atoms with van der Waals surface area (Å²) in [5.74, 6) is 0.0396. The molecule has 0 aliphatic carbocycles. The summed E-state index contributed by atoms with van der Waals surface area (Å²) in [6, 6.07) is 13.0. The molecule has 0 radical (unpaired) electrons. The van der Waals surface area contributed by atoms with Crippen LogP contribution >= 0.6 is 11.6 Å². The number of nitrogens with zero attached hydrogens (tertiary/aromatic N) is 2. The van der Waals surface area contributed by atoms with Crippen molar-refractivity contribution in [2.24, 2.45) is 0 Å². The Morgan fingerprint density at radius 1 is 1.03 bits per heavy atom. The van der Waals surface area contributed by atoms with Crippen LogP contribution in [-0.4, -0.2) is 61.6 Å². The Balaban J connectivity index is 1.49. The van der Waals surface area contributed by atoms with E-state index in [1.807, 2.05) is 29.2 Å². The van der Waals surface area contributed by atoms with Crippen LogP contribution in [0.1, 0.15) is 21.5 Å². The lowest BCUT2D eigenvalue weighted by molar-refractivity contribution is -0.135. The summed E-state index contributed by atoms with van der Waals surface area (Å²) in [5.41, 5.74) is 2.31. The minimum atomic E-state index is -0.420. The third-order valence-corrected chi connectivity index (χ3v) is 5.34. The van der Waals surface area contributed by atoms with E-state index >= 15 is 0 Å². The van der Waals surface area contributed by atoms with Crippen LogP contribution in [0.5, 0.6) is 5.75 Å². The van der Waals surface area contributed by atoms with Crippen molar-refractivity contribution in [2.45, 2.75) is 13.5 Å². The molecule has 3 rings (SSSR count). The molecular formula is C22H25ClN2O4. The van der Waals surface area contributed by atoms with Gasteiger partial charge in [0.15, 0.2) is 6.61 Å². The van der Waals surface area contributed by atoms with Crippen molar-refractivity contribution in [2.75, 3.05) is 39.9 Å². The molecule has 6 nitrogen and oxygen atoms in total. The maximum Gasteiger partial charge on any atom is 0.338 e. The number of carbonyl (C=O) groups excluding carboxylic acids is 2. The van der Waals surface area contributed by atoms with Gasteiger partial charge in [0.05, 0.1) is 12.7 Å². The zero-order valence-electron chi connectivity index (χ0n) is 16.7. The number of hydrogen-bond donors (Lipinski definition) is 0. The molecule has 1 saturated heterocycles. The number of hydrogen-bond acceptors (Lipinski definition) is 5. The molecule has 0 atom stereocenters. The second-order valence-electron chi connectivity index (χ2n) is 6.99. The minimum absolute atomic E-state index is 0.0529. The number of methoxy groups -OCH3 is 1. The molecule has 7 heteroatoms. The molecule has 1 amide bonds. The zero-order chi connectivity index (χ0) is 20.8. The average molecular weight is 417 g/mol. The highest BCUT2D eigenvalue weighted by Crippen LogP contribution is 2.22. The third kappa shape index (κ3) is 5.49. The fourth-order valence-corrected chi connectivity index (χ4v) is 3.46. The van der Waals surface area contributed by atoms with Gasteiger partial charge in [0.25, 0.3) is 5.91 Å². The van der Waals surface area contributed by atoms with E-state index in [4.69, 9.17) is 21.1 Å². The summed E-state index contributed by atoms with van der Waals surface area (Å²) in [5, 5.41) is 0.733. The second kappa shape index (κ2) is 9.76. The Kier molecular flexibility index (Phi) is 7.12. The Morgan fingerprint density at radius 3 is 2.38 bits per heavy atom. The number of piperazine rings is 1. The van der Waals surface area contributed by atoms with E-state index in [1.165, 1.54) is 12.7 Å². The van der Waals surface area contributed by atoms with E-state index in [-0.39, 0.29) is 12.5 Å². The Morgan fingerprint density at radius 2 is 1.72 bits per heavy atom. The SMILES string of the molecule is COC(=O)c1cccc(OCC(=O)N2CCN(Cc3ccc(Cl)cc3)CC2)c1C. The van der Waals surface area contributed by atoms with Crippen molar-refractivity contribution in [1.29, 1.82) is 0 Å². The van der Waals surface area contributed by atoms with Crippen molar-refractivity contribution >= 4 is 23.5 Å². The lowest BCUT2D eigenvalue weighted by Gasteiger charge is -2.34. The fraction of sp³-hybridized carbons (Fsp3) is 0.364. The highest BCUT2D eigenvalue weighted by Gasteiger charge is 2.22. The molecule has 1 fully saturated rings. The van der Waals surface area contributed by atoms with Crippen LogP contribution in [0, 0.1) is 6.92 Å². The number of halogens is 1. The summed E-state index contributed by atoms with van der Waals surface area (Å²) in [6.45, 7) is 5.52. The van der Waals surface area contributed by atoms with Gasteiger partial charge in [-0.05, 0) is 36.8 Å². The first kappa shape index (κ1) is 21.1. The molecule has 1 aliphatic heterocycles. The predicted molar refractivity (Wildman–Crippen MR) is 111 cm³/mol. The molecule has 2 aromatic carbocycles. The minimum Gasteiger partial charge on any atom is -0.483 e. The van der Waals surface area contributed by atoms with Crippen LogP contribution in [0.25, 0.3) is 0 Å². The van der Waals surface area contributed by atoms with Crippen LogP contribution in [0.4, 0.5) is 0 Å². The quantitative estimate of drug-likeness (QED) is 0.677. The van der Waals surface area contributed by atoms with E-state index in [0.717, 1.165) is 24.7 Å². The van der Waals surface area contributed by atoms with Gasteiger partial charge in [-0.3, -0.25) is 9.69 Å². The average Bonchev–Trinajstić information content (AvgIpc) is 2.74. The monoisotopic (exact) mass is 416 g/mol. The van der Waals surface area contributed by atoms with Gasteiger partial charge in [-0.15, -0.1) is 0 Å². The fourth-order valence-electron chi connectivity index (χ4n) is 3.34. The topological polar surface area (TPSA) is 59.1 Å². The van der Waals surface area contributed by atoms with Gasteiger partial charge >= 0.3 is 5.97 Å². The summed E-state index contributed by atoms with van der Waals surface area (Å²) < 4.78 is 10.5. The first-order valence-corrected chi connectivity index (χ1v) is 9.91. The van der Waals surface area contributed by atoms with Crippen molar-refractivity contribution in [3.8, 4) is 5.75 Å². The molecular weight excluding hydrogens is 392 g/mol. The van der Waals surface area contributed by atoms with Gasteiger partial charge < -0.3 is 14.4 Å². The van der Waals surface area contributed by atoms with Crippen LogP contribution in [0.15, 0.2) is 42.5 Å². The third-order valence-electron chi connectivity index (χ3n) is 5.08. The van der Waals surface area contributed by atoms with E-state index < -0.39 is 5.97 Å². The molecule has 154 valence electrons. The largest absolute Gasteiger partial charge is 0.483 e. The zero-order valence-corrected chi connectivity index (χ0v) is 17.4. The summed E-state index contributed by atoms with van der Waals surface area (Å²) >= 11 is 5.93. The maximum absolute atomic E-state index is 12.5. The van der Waals surface area contributed by atoms with Crippen LogP contribution < -0.4 is 4.74 Å². The molecule has 0 unspecified atom stereocenters. The van der Waals surface area contributed by atoms with Gasteiger partial charge in [0, 0.05) is 43.3 Å². The molecule has 0 saturated carbocycles. The van der Waals surface area contributed by atoms with E-state index in [0.29, 0.717) is 30.0 Å². The summed E-state index contributed by atoms with van der Waals surface area (Å²) in [4.78, 5) is 28.5. The highest BCUT2D eigenvalue weighted by molar-refractivity contribution is 6.30. The number of esters is 1. The van der Waals surface area contributed by atoms with Crippen molar-refractivity contribution in [3.63, 3.8) is 0 Å². The molecule has 2 aromatic rings. The van der Waals surface area contributed by atoms with Crippen molar-refractivity contribution < 1.29 is 19.1 Å². The maximum atomic E-state index is 12.5. The number of rotatable bonds is 6. The predicted octanol–water partition coefficient (Wildman–Crippen LogP) is 3.16. The molecule has 1 aliphatic rings. The molecule has 0 spiro atoms. The van der Waals surface area contributed by atoms with E-state index in [9.17, 15) is 9.59 Å². The van der Waals surface area contributed by atoms with Crippen molar-refractivity contribution in [1.82, 2.24) is 9.80 Å². The van der Waals surface area contributed by atoms with Crippen LogP contribution in [-0.2, 0) is 16.1 Å². The number of amides is 1. The Hall–Kier alpha value is -2.57. The number of ether oxygens (including phenoxy) is 2. The highest BCUT2D eigenvalue weighted by atomic mass is 35.5. The Labute approximate surface area is 176 Å². The first-order chi connectivity index (χ1) is 14.0. The van der Waals surface area contributed by atoms with Gasteiger partial charge in [-0.2, -0.15) is 0 Å². The molecule has 0 N–H and O–H groups in total. The normalized spacial score (nSPS) is 14.5. The molecule has 1 heterocycles. The van der Waals surface area contributed by atoms with E-state index in [1.54, 1.807) is 25.1 Å². The lowest BCUT2D eigenvalue weighted by Crippen LogP contribution is -2.49. The van der Waals surface area contributed by atoms with Crippen LogP contribution in [0.3, 0.4) is 0 Å². The smallest absolute Gasteiger partial charge is 0.338 e. The Bertz CT molecular complexity index is 862. The number of carbonyl (C=O) groups is 2. The van der Waals surface area contributed by atoms with Crippen LogP contribution in [0.2, 0.25) is 5.02 Å². The van der Waals surface area contributed by atoms with Crippen molar-refractivity contribution in [3.05, 3.63) is 64.2 Å². The van der Waals surface area contributed by atoms with Gasteiger partial charge in [-0.25, -0.2) is 4.79 Å². The first-order valence-electron chi connectivity index (χ1n) is 9.53. The van der Waals surface area contributed by atoms with E-state index in [2.05, 4.69) is 4.90 Å². The molecule has 0 bridgehead atoms. The summed E-state index contributed by atoms with van der Waals surface area (Å²) in [6.07, 6.45) is 0. The second-order valence-corrected chi connectivity index (χ2v) is 7.43. The van der Waals surface area contributed by atoms with Gasteiger partial charge in [0.2, 0.25) is 0 Å². The van der Waals surface area contributed by atoms with Gasteiger partial charge in [-0.1, -0.05) is 29.8 Å². The standard InChI is InChI=1S/C22H25ClN2O4/c1-16-19(22(27)28-2)4-3-5-20(16)29-15-21(26)25-12-10-24(11-13-25)14-17-6-8-18(23)9-7-17/h3-9H,10-15H2,1-2H3. The lowest BCUT2D eigenvalue weighted by atomic mass is 10.1. The molecule has 0 aromatic heterocycles. The summed E-state index contributed by atoms with van der Waals surface area (Å²) in [7, 11) is 1.34. The number of benzene rings is 2. The van der Waals surface area contributed by atoms with Gasteiger partial charge in [0.1, 0.15) is 5.75 Å². The molecule has 29 heavy (non-hydrogen) atoms.